The number of ether oxygens (including phenoxy) is 1. The van der Waals surface area contributed by atoms with Crippen molar-refractivity contribution in [2.75, 3.05) is 32.1 Å². The van der Waals surface area contributed by atoms with Crippen molar-refractivity contribution in [2.45, 2.75) is 38.6 Å². The lowest BCUT2D eigenvalue weighted by Crippen LogP contribution is -2.35. The molecule has 2 aliphatic rings. The average molecular weight is 288 g/mol. The minimum Gasteiger partial charge on any atom is -0.493 e. The van der Waals surface area contributed by atoms with E-state index < -0.39 is 0 Å². The molecule has 4 heteroatoms. The maximum Gasteiger partial charge on any atom is 0.219 e. The summed E-state index contributed by atoms with van der Waals surface area (Å²) >= 11 is 0. The maximum atomic E-state index is 11.6. The van der Waals surface area contributed by atoms with Crippen LogP contribution in [0.25, 0.3) is 0 Å². The second-order valence-corrected chi connectivity index (χ2v) is 6.28. The number of benzene rings is 1. The van der Waals surface area contributed by atoms with Crippen LogP contribution in [0.2, 0.25) is 0 Å². The highest BCUT2D eigenvalue weighted by Crippen LogP contribution is 2.46. The van der Waals surface area contributed by atoms with Gasteiger partial charge < -0.3 is 14.5 Å². The Hall–Kier alpha value is -1.71. The SMILES string of the molecule is CC(=O)N(C)CC1c2c(ccc3c2CCCO3)N(C)C1C. The first kappa shape index (κ1) is 14.2. The number of anilines is 1. The fourth-order valence-electron chi connectivity index (χ4n) is 3.58. The summed E-state index contributed by atoms with van der Waals surface area (Å²) in [5.74, 6) is 1.52. The number of carbonyl (C=O) groups is 1. The van der Waals surface area contributed by atoms with E-state index in [-0.39, 0.29) is 5.91 Å². The van der Waals surface area contributed by atoms with E-state index in [0.717, 1.165) is 31.7 Å². The molecule has 1 aromatic rings. The zero-order valence-corrected chi connectivity index (χ0v) is 13.3. The monoisotopic (exact) mass is 288 g/mol. The van der Waals surface area contributed by atoms with E-state index in [0.29, 0.717) is 12.0 Å². The van der Waals surface area contributed by atoms with E-state index in [1.807, 2.05) is 11.9 Å². The number of hydrogen-bond acceptors (Lipinski definition) is 3. The molecule has 0 saturated carbocycles. The fourth-order valence-corrected chi connectivity index (χ4v) is 3.58. The molecule has 114 valence electrons. The molecule has 2 heterocycles. The Balaban J connectivity index is 2.03. The van der Waals surface area contributed by atoms with Gasteiger partial charge in [-0.25, -0.2) is 0 Å². The zero-order valence-electron chi connectivity index (χ0n) is 13.3. The van der Waals surface area contributed by atoms with E-state index in [1.54, 1.807) is 6.92 Å². The number of hydrogen-bond donors (Lipinski definition) is 0. The summed E-state index contributed by atoms with van der Waals surface area (Å²) in [7, 11) is 4.03. The minimum atomic E-state index is 0.124. The molecule has 1 amide bonds. The molecule has 0 aliphatic carbocycles. The first-order valence-electron chi connectivity index (χ1n) is 7.73. The molecule has 0 bridgehead atoms. The lowest BCUT2D eigenvalue weighted by Gasteiger charge is -2.27. The molecule has 2 atom stereocenters. The van der Waals surface area contributed by atoms with Crippen LogP contribution in [0.3, 0.4) is 0 Å². The Bertz CT molecular complexity index is 570. The van der Waals surface area contributed by atoms with Gasteiger partial charge in [-0.1, -0.05) is 0 Å². The lowest BCUT2D eigenvalue weighted by molar-refractivity contribution is -0.127. The van der Waals surface area contributed by atoms with Crippen molar-refractivity contribution < 1.29 is 9.53 Å². The molecule has 21 heavy (non-hydrogen) atoms. The molecule has 4 nitrogen and oxygen atoms in total. The second-order valence-electron chi connectivity index (χ2n) is 6.28. The van der Waals surface area contributed by atoms with Gasteiger partial charge in [0, 0.05) is 45.2 Å². The molecule has 0 fully saturated rings. The highest BCUT2D eigenvalue weighted by Gasteiger charge is 2.37. The summed E-state index contributed by atoms with van der Waals surface area (Å²) in [6.07, 6.45) is 2.16. The van der Waals surface area contributed by atoms with Gasteiger partial charge in [-0.05, 0) is 43.0 Å². The van der Waals surface area contributed by atoms with Gasteiger partial charge in [0.2, 0.25) is 5.91 Å². The van der Waals surface area contributed by atoms with Crippen LogP contribution in [0.5, 0.6) is 5.75 Å². The smallest absolute Gasteiger partial charge is 0.219 e. The van der Waals surface area contributed by atoms with E-state index in [1.165, 1.54) is 16.8 Å². The predicted octanol–water partition coefficient (Wildman–Crippen LogP) is 2.41. The summed E-state index contributed by atoms with van der Waals surface area (Å²) in [4.78, 5) is 15.8. The Morgan fingerprint density at radius 1 is 1.48 bits per heavy atom. The summed E-state index contributed by atoms with van der Waals surface area (Å²) in [5, 5.41) is 0. The molecule has 1 aromatic carbocycles. The molecule has 0 aromatic heterocycles. The van der Waals surface area contributed by atoms with Crippen LogP contribution in [-0.4, -0.2) is 44.1 Å². The number of carbonyl (C=O) groups excluding carboxylic acids is 1. The standard InChI is InChI=1S/C17H24N2O2/c1-11-14(10-18(3)12(2)20)17-13-6-5-9-21-16(13)8-7-15(17)19(11)4/h7-8,11,14H,5-6,9-10H2,1-4H3. The topological polar surface area (TPSA) is 32.8 Å². The first-order chi connectivity index (χ1) is 10.0. The second kappa shape index (κ2) is 5.24. The van der Waals surface area contributed by atoms with Gasteiger partial charge in [0.25, 0.3) is 0 Å². The highest BCUT2D eigenvalue weighted by molar-refractivity contribution is 5.73. The predicted molar refractivity (Wildman–Crippen MR) is 84.2 cm³/mol. The third-order valence-corrected chi connectivity index (χ3v) is 5.07. The summed E-state index contributed by atoms with van der Waals surface area (Å²) in [5.41, 5.74) is 4.06. The quantitative estimate of drug-likeness (QED) is 0.838. The Labute approximate surface area is 126 Å². The molecular weight excluding hydrogens is 264 g/mol. The van der Waals surface area contributed by atoms with Crippen LogP contribution in [0.4, 0.5) is 5.69 Å². The minimum absolute atomic E-state index is 0.124. The van der Waals surface area contributed by atoms with E-state index in [9.17, 15) is 4.79 Å². The van der Waals surface area contributed by atoms with Gasteiger partial charge in [-0.15, -0.1) is 0 Å². The van der Waals surface area contributed by atoms with Crippen molar-refractivity contribution in [3.63, 3.8) is 0 Å². The van der Waals surface area contributed by atoms with E-state index >= 15 is 0 Å². The van der Waals surface area contributed by atoms with Crippen LogP contribution in [0, 0.1) is 0 Å². The van der Waals surface area contributed by atoms with Gasteiger partial charge >= 0.3 is 0 Å². The third kappa shape index (κ3) is 2.27. The molecule has 0 radical (unpaired) electrons. The van der Waals surface area contributed by atoms with Crippen molar-refractivity contribution in [1.29, 1.82) is 0 Å². The Kier molecular flexibility index (Phi) is 3.56. The van der Waals surface area contributed by atoms with Crippen molar-refractivity contribution in [2.24, 2.45) is 0 Å². The largest absolute Gasteiger partial charge is 0.493 e. The lowest BCUT2D eigenvalue weighted by atomic mass is 9.88. The molecule has 0 N–H and O–H groups in total. The first-order valence-corrected chi connectivity index (χ1v) is 7.73. The van der Waals surface area contributed by atoms with E-state index in [2.05, 4.69) is 31.0 Å². The fraction of sp³-hybridized carbons (Fsp3) is 0.588. The number of likely N-dealkylation sites (N-methyl/N-ethyl adjacent to an activating group) is 2. The normalized spacial score (nSPS) is 23.3. The number of fused-ring (bicyclic) bond motifs is 3. The maximum absolute atomic E-state index is 11.6. The van der Waals surface area contributed by atoms with E-state index in [4.69, 9.17) is 4.74 Å². The van der Waals surface area contributed by atoms with Crippen LogP contribution in [0.1, 0.15) is 37.3 Å². The van der Waals surface area contributed by atoms with Gasteiger partial charge in [0.05, 0.1) is 6.61 Å². The van der Waals surface area contributed by atoms with Crippen LogP contribution < -0.4 is 9.64 Å². The molecule has 0 spiro atoms. The van der Waals surface area contributed by atoms with Crippen LogP contribution in [-0.2, 0) is 11.2 Å². The molecular formula is C17H24N2O2. The Morgan fingerprint density at radius 2 is 2.24 bits per heavy atom. The zero-order chi connectivity index (χ0) is 15.1. The van der Waals surface area contributed by atoms with Crippen molar-refractivity contribution in [3.8, 4) is 5.75 Å². The third-order valence-electron chi connectivity index (χ3n) is 5.07. The van der Waals surface area contributed by atoms with Gasteiger partial charge in [-0.2, -0.15) is 0 Å². The number of rotatable bonds is 2. The van der Waals surface area contributed by atoms with Crippen molar-refractivity contribution >= 4 is 11.6 Å². The number of nitrogens with zero attached hydrogens (tertiary/aromatic N) is 2. The summed E-state index contributed by atoms with van der Waals surface area (Å²) in [6.45, 7) is 5.46. The molecule has 3 rings (SSSR count). The summed E-state index contributed by atoms with van der Waals surface area (Å²) in [6, 6.07) is 4.67. The van der Waals surface area contributed by atoms with Crippen LogP contribution >= 0.6 is 0 Å². The van der Waals surface area contributed by atoms with Crippen molar-refractivity contribution in [3.05, 3.63) is 23.3 Å². The molecule has 2 unspecified atom stereocenters. The van der Waals surface area contributed by atoms with Gasteiger partial charge in [0.15, 0.2) is 0 Å². The molecule has 2 aliphatic heterocycles. The van der Waals surface area contributed by atoms with Crippen molar-refractivity contribution in [1.82, 2.24) is 4.90 Å². The summed E-state index contributed by atoms with van der Waals surface area (Å²) < 4.78 is 5.82. The Morgan fingerprint density at radius 3 is 2.95 bits per heavy atom. The number of amides is 1. The van der Waals surface area contributed by atoms with Gasteiger partial charge in [-0.3, -0.25) is 4.79 Å². The molecule has 0 saturated heterocycles. The van der Waals surface area contributed by atoms with Gasteiger partial charge in [0.1, 0.15) is 5.75 Å². The average Bonchev–Trinajstić information content (AvgIpc) is 2.72. The van der Waals surface area contributed by atoms with Crippen LogP contribution in [0.15, 0.2) is 12.1 Å². The highest BCUT2D eigenvalue weighted by atomic mass is 16.5.